The molecule has 7 heteroatoms. The summed E-state index contributed by atoms with van der Waals surface area (Å²) >= 11 is 0. The highest BCUT2D eigenvalue weighted by Crippen LogP contribution is 2.24. The van der Waals surface area contributed by atoms with Gasteiger partial charge in [0.05, 0.1) is 18.1 Å². The van der Waals surface area contributed by atoms with E-state index < -0.39 is 6.10 Å². The number of likely N-dealkylation sites (tertiary alicyclic amines) is 1. The monoisotopic (exact) mass is 387 g/mol. The number of furan rings is 1. The van der Waals surface area contributed by atoms with E-state index in [1.807, 2.05) is 13.0 Å². The Morgan fingerprint density at radius 3 is 2.54 bits per heavy atom. The van der Waals surface area contributed by atoms with Gasteiger partial charge in [0.2, 0.25) is 0 Å². The van der Waals surface area contributed by atoms with E-state index in [0.717, 1.165) is 31.7 Å². The third kappa shape index (κ3) is 3.64. The fourth-order valence-corrected chi connectivity index (χ4v) is 4.27. The van der Waals surface area contributed by atoms with Crippen LogP contribution in [0.3, 0.4) is 0 Å². The molecule has 2 atom stereocenters. The van der Waals surface area contributed by atoms with Gasteiger partial charge in [0.1, 0.15) is 5.82 Å². The number of hydrogen-bond donors (Lipinski definition) is 1. The summed E-state index contributed by atoms with van der Waals surface area (Å²) in [5, 5.41) is 10.7. The van der Waals surface area contributed by atoms with Gasteiger partial charge in [-0.05, 0) is 31.5 Å². The molecule has 0 aliphatic carbocycles. The smallest absolute Gasteiger partial charge is 0.289 e. The average molecular weight is 387 g/mol. The number of piperazine rings is 1. The number of aliphatic hydroxyl groups is 1. The molecule has 0 spiro atoms. The minimum absolute atomic E-state index is 0.0181. The number of carbonyl (C=O) groups excluding carboxylic acids is 1. The molecule has 2 saturated heterocycles. The van der Waals surface area contributed by atoms with Crippen LogP contribution in [0.25, 0.3) is 0 Å². The number of benzene rings is 1. The van der Waals surface area contributed by atoms with Crippen LogP contribution >= 0.6 is 0 Å². The van der Waals surface area contributed by atoms with Crippen LogP contribution in [-0.4, -0.2) is 72.2 Å². The Morgan fingerprint density at radius 1 is 1.14 bits per heavy atom. The van der Waals surface area contributed by atoms with Crippen LogP contribution in [0, 0.1) is 12.7 Å². The Bertz CT molecular complexity index is 832. The summed E-state index contributed by atoms with van der Waals surface area (Å²) in [4.78, 5) is 18.6. The van der Waals surface area contributed by atoms with E-state index in [0.29, 0.717) is 31.0 Å². The minimum atomic E-state index is -0.604. The number of anilines is 1. The highest BCUT2D eigenvalue weighted by molar-refractivity contribution is 5.92. The number of halogens is 1. The van der Waals surface area contributed by atoms with E-state index in [9.17, 15) is 14.3 Å². The van der Waals surface area contributed by atoms with Gasteiger partial charge in [-0.25, -0.2) is 4.39 Å². The van der Waals surface area contributed by atoms with Crippen LogP contribution < -0.4 is 4.90 Å². The fraction of sp³-hybridized carbons (Fsp3) is 0.476. The number of β-amino-alcohol motifs (C(OH)–C–C–N with tert-alkyl or cyclic N) is 1. The molecule has 28 heavy (non-hydrogen) atoms. The van der Waals surface area contributed by atoms with Crippen molar-refractivity contribution >= 4 is 11.6 Å². The first kappa shape index (κ1) is 19.0. The molecule has 2 aromatic rings. The Morgan fingerprint density at radius 2 is 1.89 bits per heavy atom. The maximum Gasteiger partial charge on any atom is 0.289 e. The number of para-hydroxylation sites is 1. The van der Waals surface area contributed by atoms with Gasteiger partial charge >= 0.3 is 0 Å². The van der Waals surface area contributed by atoms with Crippen molar-refractivity contribution in [1.82, 2.24) is 9.80 Å². The molecular weight excluding hydrogens is 361 g/mol. The summed E-state index contributed by atoms with van der Waals surface area (Å²) in [6.07, 6.45) is 1.63. The highest BCUT2D eigenvalue weighted by atomic mass is 19.1. The topological polar surface area (TPSA) is 60.2 Å². The van der Waals surface area contributed by atoms with Crippen LogP contribution in [0.4, 0.5) is 10.1 Å². The molecule has 1 N–H and O–H groups in total. The van der Waals surface area contributed by atoms with Gasteiger partial charge in [0.15, 0.2) is 5.76 Å². The lowest BCUT2D eigenvalue weighted by Crippen LogP contribution is -2.59. The zero-order valence-corrected chi connectivity index (χ0v) is 16.1. The van der Waals surface area contributed by atoms with Gasteiger partial charge < -0.3 is 19.3 Å². The van der Waals surface area contributed by atoms with Crippen molar-refractivity contribution in [1.29, 1.82) is 0 Å². The van der Waals surface area contributed by atoms with Crippen LogP contribution in [0.2, 0.25) is 0 Å². The molecular formula is C21H26FN3O3. The largest absolute Gasteiger partial charge is 0.459 e. The van der Waals surface area contributed by atoms with Crippen molar-refractivity contribution < 1.29 is 18.7 Å². The van der Waals surface area contributed by atoms with E-state index in [-0.39, 0.29) is 17.8 Å². The zero-order valence-electron chi connectivity index (χ0n) is 16.1. The van der Waals surface area contributed by atoms with E-state index in [1.165, 1.54) is 12.3 Å². The second kappa shape index (κ2) is 7.93. The first-order chi connectivity index (χ1) is 13.5. The fourth-order valence-electron chi connectivity index (χ4n) is 4.27. The van der Waals surface area contributed by atoms with Crippen LogP contribution in [0.5, 0.6) is 0 Å². The molecule has 1 aromatic heterocycles. The molecule has 150 valence electrons. The lowest BCUT2D eigenvalue weighted by Gasteiger charge is -2.45. The van der Waals surface area contributed by atoms with Gasteiger partial charge in [0.25, 0.3) is 5.91 Å². The van der Waals surface area contributed by atoms with E-state index in [2.05, 4.69) is 9.80 Å². The standard InChI is InChI=1S/C21H26FN3O3/c1-15-7-13-28-20(15)21(27)25-8-6-18(19(26)14-25)24-11-9-23(10-12-24)17-5-3-2-4-16(17)22/h2-5,7,13,18-19,26H,6,8-12,14H2,1H3/t18-,19-/m0/s1. The lowest BCUT2D eigenvalue weighted by atomic mass is 9.98. The van der Waals surface area contributed by atoms with Crippen molar-refractivity contribution in [3.8, 4) is 0 Å². The number of aliphatic hydroxyl groups excluding tert-OH is 1. The Labute approximate surface area is 164 Å². The van der Waals surface area contributed by atoms with E-state index in [4.69, 9.17) is 4.42 Å². The predicted octanol–water partition coefficient (Wildman–Crippen LogP) is 2.12. The molecule has 3 heterocycles. The van der Waals surface area contributed by atoms with Gasteiger partial charge in [-0.15, -0.1) is 0 Å². The number of rotatable bonds is 3. The second-order valence-electron chi connectivity index (χ2n) is 7.58. The Hall–Kier alpha value is -2.38. The summed E-state index contributed by atoms with van der Waals surface area (Å²) in [5.41, 5.74) is 1.45. The normalized spacial score (nSPS) is 23.8. The lowest BCUT2D eigenvalue weighted by molar-refractivity contribution is -0.0116. The maximum atomic E-state index is 14.0. The Kier molecular flexibility index (Phi) is 5.37. The van der Waals surface area contributed by atoms with E-state index >= 15 is 0 Å². The summed E-state index contributed by atoms with van der Waals surface area (Å²) in [7, 11) is 0. The van der Waals surface area contributed by atoms with Gasteiger partial charge in [-0.1, -0.05) is 12.1 Å². The average Bonchev–Trinajstić information content (AvgIpc) is 3.14. The maximum absolute atomic E-state index is 14.0. The summed E-state index contributed by atoms with van der Waals surface area (Å²) in [6.45, 7) is 5.71. The van der Waals surface area contributed by atoms with Crippen LogP contribution in [-0.2, 0) is 0 Å². The molecule has 2 aliphatic rings. The second-order valence-corrected chi connectivity index (χ2v) is 7.58. The molecule has 1 amide bonds. The molecule has 0 unspecified atom stereocenters. The van der Waals surface area contributed by atoms with Crippen molar-refractivity contribution in [2.45, 2.75) is 25.5 Å². The molecule has 2 aliphatic heterocycles. The number of amides is 1. The molecule has 0 radical (unpaired) electrons. The summed E-state index contributed by atoms with van der Waals surface area (Å²) < 4.78 is 19.3. The third-order valence-electron chi connectivity index (χ3n) is 5.87. The predicted molar refractivity (Wildman–Crippen MR) is 104 cm³/mol. The van der Waals surface area contributed by atoms with Crippen LogP contribution in [0.1, 0.15) is 22.5 Å². The molecule has 0 saturated carbocycles. The third-order valence-corrected chi connectivity index (χ3v) is 5.87. The van der Waals surface area contributed by atoms with Crippen molar-refractivity contribution in [2.75, 3.05) is 44.2 Å². The number of carbonyl (C=O) groups is 1. The molecule has 2 fully saturated rings. The molecule has 0 bridgehead atoms. The molecule has 4 rings (SSSR count). The van der Waals surface area contributed by atoms with Crippen molar-refractivity contribution in [2.24, 2.45) is 0 Å². The summed E-state index contributed by atoms with van der Waals surface area (Å²) in [5.74, 6) is -0.00968. The number of aryl methyl sites for hydroxylation is 1. The van der Waals surface area contributed by atoms with Crippen LogP contribution in [0.15, 0.2) is 41.0 Å². The SMILES string of the molecule is Cc1ccoc1C(=O)N1CC[C@H](N2CCN(c3ccccc3F)CC2)[C@@H](O)C1. The number of piperidine rings is 1. The first-order valence-corrected chi connectivity index (χ1v) is 9.79. The summed E-state index contributed by atoms with van der Waals surface area (Å²) in [6, 6.07) is 8.63. The zero-order chi connectivity index (χ0) is 19.7. The van der Waals surface area contributed by atoms with E-state index in [1.54, 1.807) is 23.1 Å². The highest BCUT2D eigenvalue weighted by Gasteiger charge is 2.36. The minimum Gasteiger partial charge on any atom is -0.459 e. The first-order valence-electron chi connectivity index (χ1n) is 9.79. The molecule has 1 aromatic carbocycles. The quantitative estimate of drug-likeness (QED) is 0.874. The number of nitrogens with zero attached hydrogens (tertiary/aromatic N) is 3. The van der Waals surface area contributed by atoms with Crippen molar-refractivity contribution in [3.63, 3.8) is 0 Å². The Balaban J connectivity index is 1.34. The van der Waals surface area contributed by atoms with Gasteiger partial charge in [-0.3, -0.25) is 9.69 Å². The number of hydrogen-bond acceptors (Lipinski definition) is 5. The van der Waals surface area contributed by atoms with Gasteiger partial charge in [0, 0.05) is 50.9 Å². The molecule has 6 nitrogen and oxygen atoms in total. The van der Waals surface area contributed by atoms with Gasteiger partial charge in [-0.2, -0.15) is 0 Å². The van der Waals surface area contributed by atoms with Crippen molar-refractivity contribution in [3.05, 3.63) is 53.7 Å².